The van der Waals surface area contributed by atoms with Crippen molar-refractivity contribution >= 4 is 29.8 Å². The zero-order valence-corrected chi connectivity index (χ0v) is 15.7. The van der Waals surface area contributed by atoms with Crippen LogP contribution < -0.4 is 0 Å². The quantitative estimate of drug-likeness (QED) is 0.222. The van der Waals surface area contributed by atoms with Crippen LogP contribution in [0.4, 0.5) is 0 Å². The van der Waals surface area contributed by atoms with E-state index in [0.29, 0.717) is 5.57 Å². The van der Waals surface area contributed by atoms with Crippen molar-refractivity contribution in [1.29, 1.82) is 0 Å². The van der Waals surface area contributed by atoms with E-state index in [4.69, 9.17) is 12.2 Å². The Labute approximate surface area is 167 Å². The topological polar surface area (TPSA) is 52.7 Å². The highest BCUT2D eigenvalue weighted by Crippen LogP contribution is 2.20. The average molecular weight is 384 g/mol. The molecule has 4 aromatic rings. The monoisotopic (exact) mass is 384 g/mol. The van der Waals surface area contributed by atoms with Gasteiger partial charge in [-0.2, -0.15) is 4.68 Å². The second-order valence-electron chi connectivity index (χ2n) is 6.06. The zero-order valence-electron chi connectivity index (χ0n) is 14.8. The number of allylic oxidation sites excluding steroid dienone is 1. The maximum Gasteiger partial charge on any atom is 0.282 e. The molecule has 1 heterocycles. The Kier molecular flexibility index (Phi) is 5.03. The van der Waals surface area contributed by atoms with Crippen LogP contribution in [0.5, 0.6) is 0 Å². The lowest BCUT2D eigenvalue weighted by molar-refractivity contribution is 0.0962. The van der Waals surface area contributed by atoms with Crippen molar-refractivity contribution in [3.63, 3.8) is 0 Å². The van der Waals surface area contributed by atoms with Crippen molar-refractivity contribution in [3.8, 4) is 5.69 Å². The number of tetrazole rings is 1. The van der Waals surface area contributed by atoms with Gasteiger partial charge in [-0.1, -0.05) is 78.9 Å². The molecule has 0 amide bonds. The molecule has 0 aliphatic heterocycles. The number of carbonyl (C=O) groups excluding carboxylic acids is 1. The van der Waals surface area contributed by atoms with E-state index in [0.717, 1.165) is 21.5 Å². The number of carbonyl (C=O) groups is 1. The highest BCUT2D eigenvalue weighted by Gasteiger charge is 2.19. The molecule has 0 atom stereocenters. The summed E-state index contributed by atoms with van der Waals surface area (Å²) in [5.41, 5.74) is 2.94. The molecule has 28 heavy (non-hydrogen) atoms. The first-order valence-corrected chi connectivity index (χ1v) is 9.12. The summed E-state index contributed by atoms with van der Waals surface area (Å²) in [4.78, 5) is 13.3. The third-order valence-electron chi connectivity index (χ3n) is 4.20. The van der Waals surface area contributed by atoms with E-state index in [-0.39, 0.29) is 10.7 Å². The number of para-hydroxylation sites is 1. The van der Waals surface area contributed by atoms with Crippen molar-refractivity contribution < 1.29 is 4.79 Å². The first-order valence-electron chi connectivity index (χ1n) is 8.71. The minimum absolute atomic E-state index is 0.214. The van der Waals surface area contributed by atoms with Crippen molar-refractivity contribution in [2.24, 2.45) is 0 Å². The van der Waals surface area contributed by atoms with Crippen molar-refractivity contribution in [1.82, 2.24) is 19.8 Å². The molecule has 0 saturated carbocycles. The van der Waals surface area contributed by atoms with E-state index in [1.54, 1.807) is 0 Å². The second-order valence-corrected chi connectivity index (χ2v) is 6.43. The molecule has 0 radical (unpaired) electrons. The van der Waals surface area contributed by atoms with Gasteiger partial charge in [0.1, 0.15) is 0 Å². The third kappa shape index (κ3) is 3.58. The van der Waals surface area contributed by atoms with Gasteiger partial charge in [0.25, 0.3) is 5.91 Å². The summed E-state index contributed by atoms with van der Waals surface area (Å²) in [7, 11) is 0. The first-order chi connectivity index (χ1) is 13.7. The minimum Gasteiger partial charge on any atom is -0.267 e. The van der Waals surface area contributed by atoms with Gasteiger partial charge in [0.15, 0.2) is 0 Å². The number of rotatable bonds is 4. The van der Waals surface area contributed by atoms with E-state index in [1.807, 2.05) is 97.1 Å². The van der Waals surface area contributed by atoms with Crippen LogP contribution in [0, 0.1) is 4.77 Å². The molecule has 5 nitrogen and oxygen atoms in total. The fourth-order valence-corrected chi connectivity index (χ4v) is 3.08. The summed E-state index contributed by atoms with van der Waals surface area (Å²) in [5, 5.41) is 8.08. The molecule has 0 bridgehead atoms. The molecule has 0 saturated heterocycles. The van der Waals surface area contributed by atoms with E-state index < -0.39 is 0 Å². The largest absolute Gasteiger partial charge is 0.282 e. The van der Waals surface area contributed by atoms with Crippen molar-refractivity contribution in [2.45, 2.75) is 0 Å². The maximum atomic E-state index is 13.3. The lowest BCUT2D eigenvalue weighted by Crippen LogP contribution is -2.15. The van der Waals surface area contributed by atoms with Crippen molar-refractivity contribution in [2.75, 3.05) is 0 Å². The fourth-order valence-electron chi connectivity index (χ4n) is 2.82. The Hall–Kier alpha value is -3.64. The average Bonchev–Trinajstić information content (AvgIpc) is 3.15. The molecular formula is C22H16N4OS. The van der Waals surface area contributed by atoms with Gasteiger partial charge in [-0.3, -0.25) is 4.79 Å². The molecule has 0 fully saturated rings. The highest BCUT2D eigenvalue weighted by atomic mass is 32.1. The van der Waals surface area contributed by atoms with Gasteiger partial charge >= 0.3 is 0 Å². The molecule has 1 aromatic heterocycles. The van der Waals surface area contributed by atoms with E-state index in [1.165, 1.54) is 4.68 Å². The summed E-state index contributed by atoms with van der Waals surface area (Å²) in [6.45, 7) is 0. The summed E-state index contributed by atoms with van der Waals surface area (Å²) in [6, 6.07) is 28.5. The van der Waals surface area contributed by atoms with E-state index >= 15 is 0 Å². The van der Waals surface area contributed by atoms with Crippen LogP contribution in [0.15, 0.2) is 91.0 Å². The van der Waals surface area contributed by atoms with Crippen LogP contribution >= 0.6 is 12.2 Å². The fraction of sp³-hybridized carbons (Fsp3) is 0. The molecule has 0 unspecified atom stereocenters. The number of benzene rings is 3. The second kappa shape index (κ2) is 7.94. The summed E-state index contributed by atoms with van der Waals surface area (Å²) in [5.74, 6) is -0.331. The van der Waals surface area contributed by atoms with Crippen LogP contribution in [-0.4, -0.2) is 25.7 Å². The molecule has 0 aliphatic carbocycles. The van der Waals surface area contributed by atoms with E-state index in [9.17, 15) is 4.79 Å². The summed E-state index contributed by atoms with van der Waals surface area (Å²) >= 11 is 5.47. The predicted molar refractivity (Wildman–Crippen MR) is 112 cm³/mol. The lowest BCUT2D eigenvalue weighted by Gasteiger charge is -2.07. The normalized spacial score (nSPS) is 11.4. The molecule has 6 heteroatoms. The number of hydrogen-bond acceptors (Lipinski definition) is 4. The highest BCUT2D eigenvalue weighted by molar-refractivity contribution is 7.71. The Balaban J connectivity index is 1.80. The van der Waals surface area contributed by atoms with Crippen LogP contribution in [0.3, 0.4) is 0 Å². The van der Waals surface area contributed by atoms with E-state index in [2.05, 4.69) is 10.4 Å². The molecule has 0 spiro atoms. The lowest BCUT2D eigenvalue weighted by atomic mass is 10.0. The van der Waals surface area contributed by atoms with Gasteiger partial charge in [-0.25, -0.2) is 0 Å². The Bertz CT molecular complexity index is 1180. The Morgan fingerprint density at radius 1 is 0.786 bits per heavy atom. The third-order valence-corrected chi connectivity index (χ3v) is 4.55. The smallest absolute Gasteiger partial charge is 0.267 e. The van der Waals surface area contributed by atoms with Gasteiger partial charge in [0.2, 0.25) is 4.77 Å². The summed E-state index contributed by atoms with van der Waals surface area (Å²) < 4.78 is 2.84. The van der Waals surface area contributed by atoms with Crippen molar-refractivity contribution in [3.05, 3.63) is 107 Å². The van der Waals surface area contributed by atoms with Crippen LogP contribution in [0.25, 0.3) is 17.3 Å². The SMILES string of the molecule is O=C(/C(=C/c1ccccc1)c1ccccc1)n1nnn(-c2ccccc2)c1=S. The number of aromatic nitrogens is 4. The molecule has 136 valence electrons. The molecular weight excluding hydrogens is 368 g/mol. The number of hydrogen-bond donors (Lipinski definition) is 0. The Morgan fingerprint density at radius 2 is 1.36 bits per heavy atom. The van der Waals surface area contributed by atoms with Crippen LogP contribution in [0.2, 0.25) is 0 Å². The van der Waals surface area contributed by atoms with Gasteiger partial charge < -0.3 is 0 Å². The Morgan fingerprint density at radius 3 is 2.00 bits per heavy atom. The minimum atomic E-state index is -0.331. The standard InChI is InChI=1S/C22H16N4OS/c27-21(26-22(28)25(23-24-26)19-14-8-3-9-15-19)20(18-12-6-2-7-13-18)16-17-10-4-1-5-11-17/h1-16H/b20-16+. The predicted octanol–water partition coefficient (Wildman–Crippen LogP) is 4.68. The summed E-state index contributed by atoms with van der Waals surface area (Å²) in [6.07, 6.45) is 1.83. The molecule has 3 aromatic carbocycles. The molecule has 4 rings (SSSR count). The maximum absolute atomic E-state index is 13.3. The van der Waals surface area contributed by atoms with Crippen LogP contribution in [0.1, 0.15) is 15.9 Å². The van der Waals surface area contributed by atoms with Gasteiger partial charge in [0.05, 0.1) is 5.69 Å². The molecule has 0 N–H and O–H groups in total. The zero-order chi connectivity index (χ0) is 19.3. The molecule has 0 aliphatic rings. The van der Waals surface area contributed by atoms with Gasteiger partial charge in [-0.15, -0.1) is 4.68 Å². The van der Waals surface area contributed by atoms with Gasteiger partial charge in [-0.05, 0) is 52.0 Å². The van der Waals surface area contributed by atoms with Crippen LogP contribution in [-0.2, 0) is 0 Å². The first kappa shape index (κ1) is 17.8. The number of nitrogens with zero attached hydrogens (tertiary/aromatic N) is 4. The van der Waals surface area contributed by atoms with Gasteiger partial charge in [0, 0.05) is 5.57 Å².